The molecule has 3 aromatic rings. The molecule has 6 nitrogen and oxygen atoms in total. The van der Waals surface area contributed by atoms with Crippen LogP contribution in [0, 0.1) is 0 Å². The average Bonchev–Trinajstić information content (AvgIpc) is 3.18. The van der Waals surface area contributed by atoms with Crippen LogP contribution in [0.1, 0.15) is 36.8 Å². The molecule has 1 N–H and O–H groups in total. The van der Waals surface area contributed by atoms with E-state index < -0.39 is 6.04 Å². The number of aryl methyl sites for hydroxylation is 1. The van der Waals surface area contributed by atoms with Crippen LogP contribution in [0.25, 0.3) is 6.08 Å². The van der Waals surface area contributed by atoms with Gasteiger partial charge in [0.25, 0.3) is 0 Å². The SMILES string of the molecule is COc1cc(/C=C/C(=O)NC(c2ccc(Cl)cc2)c2nccn2C)cc(Cl)c1OC(C)C. The normalized spacial score (nSPS) is 12.2. The number of amides is 1. The van der Waals surface area contributed by atoms with Gasteiger partial charge in [-0.2, -0.15) is 0 Å². The van der Waals surface area contributed by atoms with E-state index in [-0.39, 0.29) is 12.0 Å². The van der Waals surface area contributed by atoms with Crippen molar-refractivity contribution < 1.29 is 14.3 Å². The van der Waals surface area contributed by atoms with Crippen molar-refractivity contribution >= 4 is 35.2 Å². The Morgan fingerprint density at radius 3 is 2.50 bits per heavy atom. The first kappa shape index (κ1) is 23.7. The topological polar surface area (TPSA) is 65.4 Å². The molecule has 0 spiro atoms. The molecule has 2 aromatic carbocycles. The maximum atomic E-state index is 12.8. The number of hydrogen-bond acceptors (Lipinski definition) is 4. The number of imidazole rings is 1. The monoisotopic (exact) mass is 473 g/mol. The van der Waals surface area contributed by atoms with Crippen LogP contribution in [-0.4, -0.2) is 28.7 Å². The van der Waals surface area contributed by atoms with Gasteiger partial charge in [0.1, 0.15) is 11.9 Å². The molecule has 32 heavy (non-hydrogen) atoms. The van der Waals surface area contributed by atoms with Gasteiger partial charge in [-0.1, -0.05) is 35.3 Å². The first-order valence-electron chi connectivity index (χ1n) is 10.0. The smallest absolute Gasteiger partial charge is 0.244 e. The van der Waals surface area contributed by atoms with Crippen molar-refractivity contribution in [2.45, 2.75) is 26.0 Å². The third-order valence-electron chi connectivity index (χ3n) is 4.64. The second-order valence-electron chi connectivity index (χ2n) is 7.42. The predicted molar refractivity (Wildman–Crippen MR) is 127 cm³/mol. The Labute approximate surface area is 197 Å². The van der Waals surface area contributed by atoms with Gasteiger partial charge in [-0.05, 0) is 55.3 Å². The number of ether oxygens (including phenoxy) is 2. The molecule has 1 atom stereocenters. The Morgan fingerprint density at radius 2 is 1.91 bits per heavy atom. The van der Waals surface area contributed by atoms with Crippen molar-refractivity contribution in [1.29, 1.82) is 0 Å². The Morgan fingerprint density at radius 1 is 1.19 bits per heavy atom. The molecule has 1 heterocycles. The number of aromatic nitrogens is 2. The van der Waals surface area contributed by atoms with Crippen molar-refractivity contribution in [3.8, 4) is 11.5 Å². The number of halogens is 2. The summed E-state index contributed by atoms with van der Waals surface area (Å²) in [7, 11) is 3.42. The van der Waals surface area contributed by atoms with Crippen LogP contribution in [-0.2, 0) is 11.8 Å². The number of hydrogen-bond donors (Lipinski definition) is 1. The Balaban J connectivity index is 1.83. The third kappa shape index (κ3) is 5.84. The minimum atomic E-state index is -0.440. The zero-order chi connectivity index (χ0) is 23.3. The second-order valence-corrected chi connectivity index (χ2v) is 8.27. The zero-order valence-corrected chi connectivity index (χ0v) is 19.8. The lowest BCUT2D eigenvalue weighted by molar-refractivity contribution is -0.117. The van der Waals surface area contributed by atoms with E-state index >= 15 is 0 Å². The number of carbonyl (C=O) groups excluding carboxylic acids is 1. The van der Waals surface area contributed by atoms with E-state index in [2.05, 4.69) is 10.3 Å². The van der Waals surface area contributed by atoms with Gasteiger partial charge in [0.05, 0.1) is 18.2 Å². The Hall–Kier alpha value is -2.96. The fraction of sp³-hybridized carbons (Fsp3) is 0.250. The lowest BCUT2D eigenvalue weighted by Gasteiger charge is -2.18. The van der Waals surface area contributed by atoms with E-state index in [0.29, 0.717) is 32.9 Å². The van der Waals surface area contributed by atoms with Crippen molar-refractivity contribution in [3.63, 3.8) is 0 Å². The lowest BCUT2D eigenvalue weighted by Crippen LogP contribution is -2.29. The van der Waals surface area contributed by atoms with Gasteiger partial charge in [-0.25, -0.2) is 4.98 Å². The summed E-state index contributed by atoms with van der Waals surface area (Å²) in [5, 5.41) is 4.03. The molecule has 1 aromatic heterocycles. The van der Waals surface area contributed by atoms with Crippen molar-refractivity contribution in [2.24, 2.45) is 7.05 Å². The molecular weight excluding hydrogens is 449 g/mol. The molecule has 0 fully saturated rings. The molecule has 0 radical (unpaired) electrons. The van der Waals surface area contributed by atoms with Crippen LogP contribution in [0.5, 0.6) is 11.5 Å². The molecule has 0 saturated heterocycles. The minimum Gasteiger partial charge on any atom is -0.493 e. The zero-order valence-electron chi connectivity index (χ0n) is 18.3. The van der Waals surface area contributed by atoms with E-state index in [4.69, 9.17) is 32.7 Å². The van der Waals surface area contributed by atoms with Crippen LogP contribution in [0.4, 0.5) is 0 Å². The number of carbonyl (C=O) groups is 1. The number of methoxy groups -OCH3 is 1. The first-order valence-corrected chi connectivity index (χ1v) is 10.8. The molecule has 0 bridgehead atoms. The Bertz CT molecular complexity index is 1110. The van der Waals surface area contributed by atoms with Crippen LogP contribution < -0.4 is 14.8 Å². The summed E-state index contributed by atoms with van der Waals surface area (Å²) in [5.41, 5.74) is 1.57. The highest BCUT2D eigenvalue weighted by Crippen LogP contribution is 2.37. The first-order chi connectivity index (χ1) is 15.3. The predicted octanol–water partition coefficient (Wildman–Crippen LogP) is 5.44. The van der Waals surface area contributed by atoms with E-state index in [9.17, 15) is 4.79 Å². The molecule has 168 valence electrons. The summed E-state index contributed by atoms with van der Waals surface area (Å²) in [6, 6.07) is 10.3. The van der Waals surface area contributed by atoms with Crippen LogP contribution in [0.15, 0.2) is 54.9 Å². The van der Waals surface area contributed by atoms with Gasteiger partial charge in [0.15, 0.2) is 11.5 Å². The minimum absolute atomic E-state index is 0.0514. The molecule has 8 heteroatoms. The number of nitrogens with one attached hydrogen (secondary N) is 1. The van der Waals surface area contributed by atoms with Gasteiger partial charge in [0, 0.05) is 30.5 Å². The molecule has 1 amide bonds. The van der Waals surface area contributed by atoms with Gasteiger partial charge < -0.3 is 19.4 Å². The maximum absolute atomic E-state index is 12.8. The summed E-state index contributed by atoms with van der Waals surface area (Å²) in [6.45, 7) is 3.82. The molecular formula is C24H25Cl2N3O3. The molecule has 0 aliphatic rings. The summed E-state index contributed by atoms with van der Waals surface area (Å²) in [5.74, 6) is 1.39. The molecule has 1 unspecified atom stereocenters. The standard InChI is InChI=1S/C24H25Cl2N3O3/c1-15(2)32-23-19(26)13-16(14-20(23)31-4)5-10-21(30)28-22(24-27-11-12-29(24)3)17-6-8-18(25)9-7-17/h5-15,22H,1-4H3,(H,28,30)/b10-5+. The van der Waals surface area contributed by atoms with Gasteiger partial charge >= 0.3 is 0 Å². The Kier molecular flexibility index (Phi) is 7.83. The van der Waals surface area contributed by atoms with E-state index in [1.807, 2.05) is 43.8 Å². The highest BCUT2D eigenvalue weighted by atomic mass is 35.5. The fourth-order valence-corrected chi connectivity index (χ4v) is 3.55. The van der Waals surface area contributed by atoms with E-state index in [1.165, 1.54) is 6.08 Å². The third-order valence-corrected chi connectivity index (χ3v) is 5.17. The second kappa shape index (κ2) is 10.6. The quantitative estimate of drug-likeness (QED) is 0.442. The summed E-state index contributed by atoms with van der Waals surface area (Å²) >= 11 is 12.4. The van der Waals surface area contributed by atoms with Gasteiger partial charge in [0.2, 0.25) is 5.91 Å². The summed E-state index contributed by atoms with van der Waals surface area (Å²) in [4.78, 5) is 17.2. The largest absolute Gasteiger partial charge is 0.493 e. The van der Waals surface area contributed by atoms with Crippen LogP contribution >= 0.6 is 23.2 Å². The molecule has 0 aliphatic carbocycles. The highest BCUT2D eigenvalue weighted by molar-refractivity contribution is 6.32. The lowest BCUT2D eigenvalue weighted by atomic mass is 10.1. The fourth-order valence-electron chi connectivity index (χ4n) is 3.16. The van der Waals surface area contributed by atoms with Gasteiger partial charge in [-0.3, -0.25) is 4.79 Å². The number of benzene rings is 2. The number of nitrogens with zero attached hydrogens (tertiary/aromatic N) is 2. The molecule has 0 aliphatic heterocycles. The van der Waals surface area contributed by atoms with Gasteiger partial charge in [-0.15, -0.1) is 0 Å². The number of rotatable bonds is 8. The molecule has 3 rings (SSSR count). The van der Waals surface area contributed by atoms with Crippen molar-refractivity contribution in [2.75, 3.05) is 7.11 Å². The molecule has 0 saturated carbocycles. The van der Waals surface area contributed by atoms with Crippen molar-refractivity contribution in [3.05, 3.63) is 81.9 Å². The van der Waals surface area contributed by atoms with Crippen LogP contribution in [0.3, 0.4) is 0 Å². The van der Waals surface area contributed by atoms with E-state index in [1.54, 1.807) is 43.6 Å². The maximum Gasteiger partial charge on any atom is 0.244 e. The average molecular weight is 474 g/mol. The summed E-state index contributed by atoms with van der Waals surface area (Å²) in [6.07, 6.45) is 6.58. The van der Waals surface area contributed by atoms with Crippen molar-refractivity contribution in [1.82, 2.24) is 14.9 Å². The van der Waals surface area contributed by atoms with E-state index in [0.717, 1.165) is 5.56 Å². The summed E-state index contributed by atoms with van der Waals surface area (Å²) < 4.78 is 13.0. The van der Waals surface area contributed by atoms with Crippen LogP contribution in [0.2, 0.25) is 10.0 Å². The highest BCUT2D eigenvalue weighted by Gasteiger charge is 2.20.